The Morgan fingerprint density at radius 1 is 1.35 bits per heavy atom. The molecule has 3 amide bonds. The number of aromatic nitrogens is 1. The monoisotopic (exact) mass is 444 g/mol. The molecule has 0 saturated carbocycles. The van der Waals surface area contributed by atoms with Gasteiger partial charge in [-0.3, -0.25) is 19.4 Å². The van der Waals surface area contributed by atoms with Crippen LogP contribution in [-0.4, -0.2) is 71.0 Å². The second-order valence-corrected chi connectivity index (χ2v) is 7.46. The van der Waals surface area contributed by atoms with Crippen molar-refractivity contribution in [3.05, 3.63) is 24.5 Å². The number of halogens is 3. The molecule has 31 heavy (non-hydrogen) atoms. The molecule has 3 heterocycles. The quantitative estimate of drug-likeness (QED) is 0.719. The maximum absolute atomic E-state index is 13.1. The molecule has 0 bridgehead atoms. The van der Waals surface area contributed by atoms with Crippen LogP contribution in [0, 0.1) is 11.3 Å². The summed E-state index contributed by atoms with van der Waals surface area (Å²) in [5.74, 6) is -2.97. The summed E-state index contributed by atoms with van der Waals surface area (Å²) in [7, 11) is 0. The summed E-state index contributed by atoms with van der Waals surface area (Å²) >= 11 is 0. The van der Waals surface area contributed by atoms with E-state index >= 15 is 0 Å². The van der Waals surface area contributed by atoms with Gasteiger partial charge in [0.05, 0.1) is 23.8 Å². The van der Waals surface area contributed by atoms with Crippen LogP contribution in [0.2, 0.25) is 0 Å². The highest BCUT2D eigenvalue weighted by molar-refractivity contribution is 6.01. The van der Waals surface area contributed by atoms with E-state index < -0.39 is 17.6 Å². The molecule has 0 radical (unpaired) electrons. The first-order valence-electron chi connectivity index (χ1n) is 9.43. The number of hydrogen-bond acceptors (Lipinski definition) is 5. The first-order valence-corrected chi connectivity index (χ1v) is 9.43. The lowest BCUT2D eigenvalue weighted by molar-refractivity contribution is -0.192. The number of likely N-dealkylation sites (tertiary alicyclic amines) is 1. The number of aliphatic carboxylic acids is 1. The minimum atomic E-state index is -5.08. The standard InChI is InChI=1S/C17H22N4O3.C2HF3O2/c1-12-10-20(15(23)9-19-13(2)22)11-17(12)5-7-21(16(17)24)14-4-3-6-18-8-14;3-2(4,5)1(6)7/h3-4,6,8,12H,5,7,9-11H2,1-2H3,(H,19,22);(H,6,7)/t12-,17-;/m0./s1. The number of amides is 3. The minimum Gasteiger partial charge on any atom is -0.475 e. The van der Waals surface area contributed by atoms with E-state index in [0.717, 1.165) is 12.1 Å². The fourth-order valence-electron chi connectivity index (χ4n) is 3.72. The summed E-state index contributed by atoms with van der Waals surface area (Å²) in [6.45, 7) is 5.00. The van der Waals surface area contributed by atoms with E-state index in [4.69, 9.17) is 9.90 Å². The zero-order valence-corrected chi connectivity index (χ0v) is 17.0. The number of nitrogens with one attached hydrogen (secondary N) is 1. The van der Waals surface area contributed by atoms with E-state index in [1.54, 1.807) is 22.2 Å². The van der Waals surface area contributed by atoms with Crippen LogP contribution in [0.5, 0.6) is 0 Å². The average molecular weight is 444 g/mol. The number of carboxylic acid groups (broad SMARTS) is 1. The van der Waals surface area contributed by atoms with Gasteiger partial charge in [-0.25, -0.2) is 4.79 Å². The fraction of sp³-hybridized carbons (Fsp3) is 0.526. The zero-order chi connectivity index (χ0) is 23.4. The molecule has 0 unspecified atom stereocenters. The molecule has 0 aliphatic carbocycles. The molecule has 1 aromatic heterocycles. The van der Waals surface area contributed by atoms with Gasteiger partial charge in [0.2, 0.25) is 17.7 Å². The second-order valence-electron chi connectivity index (χ2n) is 7.46. The van der Waals surface area contributed by atoms with Crippen molar-refractivity contribution in [1.29, 1.82) is 0 Å². The van der Waals surface area contributed by atoms with Gasteiger partial charge in [-0.05, 0) is 24.5 Å². The van der Waals surface area contributed by atoms with Gasteiger partial charge < -0.3 is 20.2 Å². The molecule has 1 spiro atoms. The van der Waals surface area contributed by atoms with Gasteiger partial charge in [-0.1, -0.05) is 6.92 Å². The van der Waals surface area contributed by atoms with Crippen molar-refractivity contribution < 1.29 is 37.5 Å². The van der Waals surface area contributed by atoms with Crippen LogP contribution < -0.4 is 10.2 Å². The largest absolute Gasteiger partial charge is 0.490 e. The smallest absolute Gasteiger partial charge is 0.475 e. The topological polar surface area (TPSA) is 120 Å². The molecule has 1 aromatic rings. The highest BCUT2D eigenvalue weighted by Crippen LogP contribution is 2.45. The van der Waals surface area contributed by atoms with Crippen LogP contribution in [0.3, 0.4) is 0 Å². The lowest BCUT2D eigenvalue weighted by Gasteiger charge is -2.26. The fourth-order valence-corrected chi connectivity index (χ4v) is 3.72. The normalized spacial score (nSPS) is 22.9. The second kappa shape index (κ2) is 9.31. The Morgan fingerprint density at radius 2 is 2.00 bits per heavy atom. The molecule has 9 nitrogen and oxygen atoms in total. The third kappa shape index (κ3) is 5.50. The third-order valence-corrected chi connectivity index (χ3v) is 5.40. The Balaban J connectivity index is 0.000000423. The lowest BCUT2D eigenvalue weighted by atomic mass is 9.78. The van der Waals surface area contributed by atoms with Crippen molar-refractivity contribution in [3.8, 4) is 0 Å². The predicted octanol–water partition coefficient (Wildman–Crippen LogP) is 1.05. The Bertz CT molecular complexity index is 849. The third-order valence-electron chi connectivity index (χ3n) is 5.40. The first-order chi connectivity index (χ1) is 14.4. The Morgan fingerprint density at radius 3 is 2.52 bits per heavy atom. The number of hydrogen-bond donors (Lipinski definition) is 2. The van der Waals surface area contributed by atoms with Crippen LogP contribution in [0.15, 0.2) is 24.5 Å². The number of carbonyl (C=O) groups is 4. The highest BCUT2D eigenvalue weighted by atomic mass is 19.4. The maximum Gasteiger partial charge on any atom is 0.490 e. The van der Waals surface area contributed by atoms with Crippen LogP contribution in [0.25, 0.3) is 0 Å². The van der Waals surface area contributed by atoms with Gasteiger partial charge in [0.15, 0.2) is 0 Å². The molecule has 12 heteroatoms. The molecule has 2 aliphatic heterocycles. The molecule has 0 aromatic carbocycles. The molecule has 3 rings (SSSR count). The van der Waals surface area contributed by atoms with Gasteiger partial charge in [-0.2, -0.15) is 13.2 Å². The number of carbonyl (C=O) groups excluding carboxylic acids is 3. The summed E-state index contributed by atoms with van der Waals surface area (Å²) in [5.41, 5.74) is 0.274. The molecule has 2 aliphatic rings. The number of pyridine rings is 1. The number of nitrogens with zero attached hydrogens (tertiary/aromatic N) is 3. The van der Waals surface area contributed by atoms with Crippen molar-refractivity contribution in [2.75, 3.05) is 31.1 Å². The molecule has 2 fully saturated rings. The SMILES string of the molecule is CC(=O)NCC(=O)N1C[C@H](C)[C@]2(CCN(c3cccnc3)C2=O)C1.O=C(O)C(F)(F)F. The van der Waals surface area contributed by atoms with Crippen molar-refractivity contribution >= 4 is 29.4 Å². The predicted molar refractivity (Wildman–Crippen MR) is 102 cm³/mol. The Labute approximate surface area is 176 Å². The minimum absolute atomic E-state index is 0.0152. The average Bonchev–Trinajstić information content (AvgIpc) is 3.21. The van der Waals surface area contributed by atoms with Crippen LogP contribution in [0.1, 0.15) is 20.3 Å². The van der Waals surface area contributed by atoms with Crippen molar-refractivity contribution in [1.82, 2.24) is 15.2 Å². The lowest BCUT2D eigenvalue weighted by Crippen LogP contribution is -2.42. The van der Waals surface area contributed by atoms with E-state index in [-0.39, 0.29) is 30.2 Å². The van der Waals surface area contributed by atoms with E-state index in [1.807, 2.05) is 19.1 Å². The van der Waals surface area contributed by atoms with Crippen LogP contribution >= 0.6 is 0 Å². The number of anilines is 1. The number of alkyl halides is 3. The van der Waals surface area contributed by atoms with Gasteiger partial charge in [0, 0.05) is 32.8 Å². The van der Waals surface area contributed by atoms with Gasteiger partial charge >= 0.3 is 12.1 Å². The van der Waals surface area contributed by atoms with Gasteiger partial charge in [0.25, 0.3) is 0 Å². The summed E-state index contributed by atoms with van der Waals surface area (Å²) in [5, 5.41) is 9.65. The van der Waals surface area contributed by atoms with Gasteiger partial charge in [0.1, 0.15) is 0 Å². The van der Waals surface area contributed by atoms with Crippen molar-refractivity contribution in [2.45, 2.75) is 26.4 Å². The Kier molecular flexibility index (Phi) is 7.24. The van der Waals surface area contributed by atoms with Crippen molar-refractivity contribution in [2.24, 2.45) is 11.3 Å². The van der Waals surface area contributed by atoms with E-state index in [2.05, 4.69) is 10.3 Å². The van der Waals surface area contributed by atoms with Gasteiger partial charge in [-0.15, -0.1) is 0 Å². The number of rotatable bonds is 3. The molecule has 2 saturated heterocycles. The summed E-state index contributed by atoms with van der Waals surface area (Å²) in [6, 6.07) is 3.69. The molecule has 170 valence electrons. The number of carboxylic acids is 1. The van der Waals surface area contributed by atoms with E-state index in [0.29, 0.717) is 19.6 Å². The van der Waals surface area contributed by atoms with Crippen LogP contribution in [-0.2, 0) is 19.2 Å². The highest BCUT2D eigenvalue weighted by Gasteiger charge is 2.56. The summed E-state index contributed by atoms with van der Waals surface area (Å²) in [6.07, 6.45) is -0.984. The van der Waals surface area contributed by atoms with E-state index in [1.165, 1.54) is 6.92 Å². The zero-order valence-electron chi connectivity index (χ0n) is 17.0. The van der Waals surface area contributed by atoms with Crippen molar-refractivity contribution in [3.63, 3.8) is 0 Å². The molecule has 2 N–H and O–H groups in total. The maximum atomic E-state index is 13.1. The molecular weight excluding hydrogens is 421 g/mol. The van der Waals surface area contributed by atoms with Crippen LogP contribution in [0.4, 0.5) is 18.9 Å². The summed E-state index contributed by atoms with van der Waals surface area (Å²) < 4.78 is 31.7. The first kappa shape index (κ1) is 24.1. The Hall–Kier alpha value is -3.18. The molecular formula is C19H23F3N4O5. The summed E-state index contributed by atoms with van der Waals surface area (Å²) in [4.78, 5) is 52.8. The molecule has 2 atom stereocenters. The van der Waals surface area contributed by atoms with E-state index in [9.17, 15) is 27.6 Å².